The third kappa shape index (κ3) is 11.3. The molecule has 1 atom stereocenters. The molecule has 7 heteroatoms. The van der Waals surface area contributed by atoms with E-state index in [-0.39, 0.29) is 23.9 Å². The van der Waals surface area contributed by atoms with Gasteiger partial charge in [0.05, 0.1) is 6.04 Å². The molecule has 1 amide bonds. The number of rotatable bonds is 8. The summed E-state index contributed by atoms with van der Waals surface area (Å²) >= 11 is 0. The van der Waals surface area contributed by atoms with Gasteiger partial charge in [0.2, 0.25) is 6.41 Å². The molecule has 2 aromatic carbocycles. The minimum Gasteiger partial charge on any atom is -0.330 e. The van der Waals surface area contributed by atoms with Crippen LogP contribution < -0.4 is 0 Å². The minimum absolute atomic E-state index is 0.209. The van der Waals surface area contributed by atoms with Gasteiger partial charge in [0.15, 0.2) is 0 Å². The lowest BCUT2D eigenvalue weighted by atomic mass is 10.0. The van der Waals surface area contributed by atoms with Crippen LogP contribution in [0.4, 0.5) is 8.78 Å². The average Bonchev–Trinajstić information content (AvgIpc) is 3.29. The lowest BCUT2D eigenvalue weighted by molar-refractivity contribution is -0.118. The molecule has 2 aromatic rings. The normalized spacial score (nSPS) is 14.9. The minimum atomic E-state index is -2.66. The van der Waals surface area contributed by atoms with Gasteiger partial charge in [0.1, 0.15) is 21.5 Å². The van der Waals surface area contributed by atoms with E-state index in [1.165, 1.54) is 6.26 Å². The second kappa shape index (κ2) is 15.8. The van der Waals surface area contributed by atoms with E-state index >= 15 is 0 Å². The van der Waals surface area contributed by atoms with Gasteiger partial charge in [-0.1, -0.05) is 68.5 Å². The standard InChI is InChI=1S/C17H13F2NO.C8H14.C3H8O2S/c18-14-6-7-16(19)15(9-14)13-8-17(20(10-13)11-21)12-4-2-1-3-5-12;1-3-5-7-8-6-4-2;1-3-6(2,4)5/h1-9,11,17H,10H2;3,6,8H,1,4-5,7H2,2H3;3H2,1-2H3/b;8-6-;/t17-;;/m0../s1. The van der Waals surface area contributed by atoms with Crippen LogP contribution in [0.2, 0.25) is 0 Å². The second-order valence-electron chi connectivity index (χ2n) is 7.91. The van der Waals surface area contributed by atoms with Crippen molar-refractivity contribution in [3.05, 3.63) is 102 Å². The summed E-state index contributed by atoms with van der Waals surface area (Å²) in [6, 6.07) is 12.6. The van der Waals surface area contributed by atoms with Crippen LogP contribution in [-0.4, -0.2) is 38.3 Å². The summed E-state index contributed by atoms with van der Waals surface area (Å²) in [6.45, 7) is 7.66. The van der Waals surface area contributed by atoms with Crippen molar-refractivity contribution in [1.82, 2.24) is 4.90 Å². The highest BCUT2D eigenvalue weighted by molar-refractivity contribution is 7.90. The highest BCUT2D eigenvalue weighted by Crippen LogP contribution is 2.34. The zero-order valence-corrected chi connectivity index (χ0v) is 21.5. The number of nitrogens with zero attached hydrogens (tertiary/aromatic N) is 1. The summed E-state index contributed by atoms with van der Waals surface area (Å²) in [7, 11) is -2.66. The number of hydrogen-bond donors (Lipinski definition) is 0. The fraction of sp³-hybridized carbons (Fsp3) is 0.321. The van der Waals surface area contributed by atoms with Gasteiger partial charge in [-0.3, -0.25) is 4.79 Å². The van der Waals surface area contributed by atoms with Crippen LogP contribution in [0.1, 0.15) is 50.3 Å². The Labute approximate surface area is 208 Å². The number of sulfone groups is 1. The average molecular weight is 504 g/mol. The zero-order valence-electron chi connectivity index (χ0n) is 20.7. The van der Waals surface area contributed by atoms with Crippen LogP contribution in [-0.2, 0) is 14.6 Å². The first-order chi connectivity index (χ1) is 16.7. The second-order valence-corrected chi connectivity index (χ2v) is 10.3. The molecule has 0 aliphatic carbocycles. The van der Waals surface area contributed by atoms with Crippen molar-refractivity contribution < 1.29 is 22.0 Å². The third-order valence-electron chi connectivity index (χ3n) is 5.08. The van der Waals surface area contributed by atoms with E-state index < -0.39 is 21.5 Å². The number of amides is 1. The van der Waals surface area contributed by atoms with Crippen molar-refractivity contribution in [1.29, 1.82) is 0 Å². The molecule has 0 saturated carbocycles. The van der Waals surface area contributed by atoms with Crippen molar-refractivity contribution in [3.8, 4) is 0 Å². The first-order valence-corrected chi connectivity index (χ1v) is 13.6. The van der Waals surface area contributed by atoms with Gasteiger partial charge in [0.25, 0.3) is 0 Å². The van der Waals surface area contributed by atoms with Gasteiger partial charge in [-0.05, 0) is 48.6 Å². The van der Waals surface area contributed by atoms with Gasteiger partial charge in [-0.15, -0.1) is 6.58 Å². The van der Waals surface area contributed by atoms with E-state index in [4.69, 9.17) is 0 Å². The van der Waals surface area contributed by atoms with E-state index in [2.05, 4.69) is 25.7 Å². The van der Waals surface area contributed by atoms with Crippen molar-refractivity contribution in [2.24, 2.45) is 0 Å². The van der Waals surface area contributed by atoms with E-state index in [0.717, 1.165) is 49.4 Å². The Bertz CT molecular complexity index is 1100. The monoisotopic (exact) mass is 503 g/mol. The van der Waals surface area contributed by atoms with Gasteiger partial charge < -0.3 is 4.90 Å². The maximum Gasteiger partial charge on any atom is 0.210 e. The number of hydrogen-bond acceptors (Lipinski definition) is 3. The fourth-order valence-electron chi connectivity index (χ4n) is 3.09. The van der Waals surface area contributed by atoms with Crippen LogP contribution in [0, 0.1) is 11.6 Å². The number of halogens is 2. The molecule has 0 radical (unpaired) electrons. The van der Waals surface area contributed by atoms with Crippen molar-refractivity contribution in [2.45, 2.75) is 39.2 Å². The summed E-state index contributed by atoms with van der Waals surface area (Å²) in [6.07, 6.45) is 13.5. The Morgan fingerprint density at radius 3 is 2.26 bits per heavy atom. The van der Waals surface area contributed by atoms with E-state index in [1.807, 2.05) is 42.5 Å². The number of unbranched alkanes of at least 4 members (excludes halogenated alkanes) is 1. The van der Waals surface area contributed by atoms with Crippen LogP contribution in [0.5, 0.6) is 0 Å². The van der Waals surface area contributed by atoms with Gasteiger partial charge in [-0.25, -0.2) is 17.2 Å². The Morgan fingerprint density at radius 2 is 1.71 bits per heavy atom. The zero-order chi connectivity index (χ0) is 26.3. The Hall–Kier alpha value is -3.06. The summed E-state index contributed by atoms with van der Waals surface area (Å²) in [4.78, 5) is 12.8. The van der Waals surface area contributed by atoms with Crippen LogP contribution in [0.15, 0.2) is 79.4 Å². The lowest BCUT2D eigenvalue weighted by Gasteiger charge is -2.19. The molecule has 0 N–H and O–H groups in total. The summed E-state index contributed by atoms with van der Waals surface area (Å²) < 4.78 is 47.2. The molecule has 35 heavy (non-hydrogen) atoms. The molecule has 3 rings (SSSR count). The molecule has 0 bridgehead atoms. The maximum atomic E-state index is 13.9. The molecule has 4 nitrogen and oxygen atoms in total. The predicted octanol–water partition coefficient (Wildman–Crippen LogP) is 6.53. The summed E-state index contributed by atoms with van der Waals surface area (Å²) in [5, 5.41) is 0. The molecule has 1 heterocycles. The number of benzene rings is 2. The smallest absolute Gasteiger partial charge is 0.210 e. The Balaban J connectivity index is 0.000000363. The molecule has 0 saturated heterocycles. The van der Waals surface area contributed by atoms with Crippen LogP contribution >= 0.6 is 0 Å². The topological polar surface area (TPSA) is 54.5 Å². The Morgan fingerprint density at radius 1 is 1.06 bits per heavy atom. The molecule has 0 unspecified atom stereocenters. The molecule has 190 valence electrons. The Kier molecular flexibility index (Phi) is 13.5. The lowest BCUT2D eigenvalue weighted by Crippen LogP contribution is -2.22. The maximum absolute atomic E-state index is 13.9. The highest BCUT2D eigenvalue weighted by Gasteiger charge is 2.26. The predicted molar refractivity (Wildman–Crippen MR) is 141 cm³/mol. The molecule has 0 spiro atoms. The molecule has 1 aliphatic rings. The van der Waals surface area contributed by atoms with Gasteiger partial charge in [-0.2, -0.15) is 0 Å². The first-order valence-electron chi connectivity index (χ1n) is 11.5. The third-order valence-corrected chi connectivity index (χ3v) is 6.13. The van der Waals surface area contributed by atoms with Gasteiger partial charge >= 0.3 is 0 Å². The summed E-state index contributed by atoms with van der Waals surface area (Å²) in [5.41, 5.74) is 1.77. The molecule has 1 aliphatic heterocycles. The number of carbonyl (C=O) groups is 1. The molecule has 0 fully saturated rings. The fourth-order valence-corrected chi connectivity index (χ4v) is 3.09. The molecular formula is C28H35F2NO3S. The van der Waals surface area contributed by atoms with E-state index in [0.29, 0.717) is 5.57 Å². The largest absolute Gasteiger partial charge is 0.330 e. The number of allylic oxidation sites excluding steroid dienone is 3. The summed E-state index contributed by atoms with van der Waals surface area (Å²) in [5.74, 6) is -0.733. The van der Waals surface area contributed by atoms with Crippen molar-refractivity contribution in [3.63, 3.8) is 0 Å². The van der Waals surface area contributed by atoms with E-state index in [9.17, 15) is 22.0 Å². The quantitative estimate of drug-likeness (QED) is 0.234. The molecular weight excluding hydrogens is 468 g/mol. The van der Waals surface area contributed by atoms with Crippen LogP contribution in [0.25, 0.3) is 5.57 Å². The van der Waals surface area contributed by atoms with E-state index in [1.54, 1.807) is 11.8 Å². The van der Waals surface area contributed by atoms with Crippen molar-refractivity contribution in [2.75, 3.05) is 18.6 Å². The van der Waals surface area contributed by atoms with Gasteiger partial charge in [0, 0.05) is 24.1 Å². The number of carbonyl (C=O) groups excluding carboxylic acids is 1. The van der Waals surface area contributed by atoms with Crippen LogP contribution in [0.3, 0.4) is 0 Å². The highest BCUT2D eigenvalue weighted by atomic mass is 32.2. The SMILES string of the molecule is C=CCC/C=C\CC.CCS(C)(=O)=O.O=CN1CC(c2cc(F)ccc2F)=C[C@H]1c1ccccc1. The molecule has 0 aromatic heterocycles. The first kappa shape index (κ1) is 30.0. The van der Waals surface area contributed by atoms with Crippen molar-refractivity contribution >= 4 is 21.8 Å².